The first-order chi connectivity index (χ1) is 14.9. The number of hydrogen-bond acceptors (Lipinski definition) is 7. The minimum Gasteiger partial charge on any atom is -0.345 e. The van der Waals surface area contributed by atoms with E-state index < -0.39 is 12.2 Å². The number of halogens is 1. The standard InChI is InChI=1S/C21H28ClN7O2/c1-2-18(30)27-11-4-3-6-15(13-27)28-19-16(22)7-5-8-17(19)26-21(28)29(25)20(31)14(12-24)9-10-23/h2,5,7-9,12,15,21,24,26H,1,3-4,6,10-11,13,23,25H2/b14-9+,24-12?/t15-,21?/m1/s1. The second-order valence-electron chi connectivity index (χ2n) is 7.45. The summed E-state index contributed by atoms with van der Waals surface area (Å²) >= 11 is 6.55. The highest BCUT2D eigenvalue weighted by Crippen LogP contribution is 2.43. The van der Waals surface area contributed by atoms with E-state index in [1.807, 2.05) is 17.0 Å². The molecule has 3 rings (SSSR count). The Morgan fingerprint density at radius 3 is 2.84 bits per heavy atom. The van der Waals surface area contributed by atoms with E-state index in [4.69, 9.17) is 28.6 Å². The molecule has 1 aromatic rings. The van der Waals surface area contributed by atoms with Crippen LogP contribution in [0.25, 0.3) is 0 Å². The summed E-state index contributed by atoms with van der Waals surface area (Å²) in [4.78, 5) is 29.0. The van der Waals surface area contributed by atoms with Gasteiger partial charge in [-0.05, 0) is 37.5 Å². The average Bonchev–Trinajstić information content (AvgIpc) is 3.00. The van der Waals surface area contributed by atoms with Crippen molar-refractivity contribution in [2.45, 2.75) is 31.6 Å². The topological polar surface area (TPSA) is 132 Å². The van der Waals surface area contributed by atoms with Crippen LogP contribution in [0.1, 0.15) is 19.3 Å². The molecule has 10 heteroatoms. The second kappa shape index (κ2) is 9.95. The molecule has 2 atom stereocenters. The van der Waals surface area contributed by atoms with Crippen molar-refractivity contribution in [3.8, 4) is 0 Å². The average molecular weight is 446 g/mol. The van der Waals surface area contributed by atoms with Crippen molar-refractivity contribution < 1.29 is 9.59 Å². The van der Waals surface area contributed by atoms with Crippen LogP contribution in [0, 0.1) is 5.41 Å². The highest BCUT2D eigenvalue weighted by molar-refractivity contribution is 6.34. The maximum Gasteiger partial charge on any atom is 0.272 e. The van der Waals surface area contributed by atoms with Crippen LogP contribution < -0.4 is 21.8 Å². The smallest absolute Gasteiger partial charge is 0.272 e. The van der Waals surface area contributed by atoms with Gasteiger partial charge in [-0.1, -0.05) is 30.3 Å². The van der Waals surface area contributed by atoms with Gasteiger partial charge in [0, 0.05) is 25.8 Å². The monoisotopic (exact) mass is 445 g/mol. The van der Waals surface area contributed by atoms with Crippen molar-refractivity contribution in [1.82, 2.24) is 9.91 Å². The van der Waals surface area contributed by atoms with Crippen LogP contribution in [0.3, 0.4) is 0 Å². The molecule has 0 aliphatic carbocycles. The number of nitrogens with two attached hydrogens (primary N) is 2. The van der Waals surface area contributed by atoms with Crippen molar-refractivity contribution in [2.75, 3.05) is 29.9 Å². The van der Waals surface area contributed by atoms with Gasteiger partial charge in [-0.25, -0.2) is 10.9 Å². The molecule has 2 amide bonds. The highest BCUT2D eigenvalue weighted by Gasteiger charge is 2.41. The van der Waals surface area contributed by atoms with E-state index in [1.165, 1.54) is 12.2 Å². The summed E-state index contributed by atoms with van der Waals surface area (Å²) in [6.45, 7) is 4.81. The Hall–Kier alpha value is -2.88. The molecule has 1 saturated heterocycles. The molecule has 0 spiro atoms. The van der Waals surface area contributed by atoms with Gasteiger partial charge >= 0.3 is 0 Å². The largest absolute Gasteiger partial charge is 0.345 e. The van der Waals surface area contributed by atoms with Gasteiger partial charge in [0.25, 0.3) is 5.91 Å². The van der Waals surface area contributed by atoms with E-state index in [9.17, 15) is 9.59 Å². The minimum absolute atomic E-state index is 0.0955. The van der Waals surface area contributed by atoms with E-state index in [0.29, 0.717) is 18.1 Å². The number of carbonyl (C=O) groups excluding carboxylic acids is 2. The molecule has 0 saturated carbocycles. The Kier molecular flexibility index (Phi) is 7.32. The Bertz CT molecular complexity index is 904. The SMILES string of the molecule is C=CC(=O)N1CCCC[C@@H](N2c3c(Cl)cccc3NC2N(N)C(=O)/C(C=N)=C/CN)C1. The van der Waals surface area contributed by atoms with Gasteiger partial charge in [-0.15, -0.1) is 0 Å². The number of para-hydroxylation sites is 1. The molecule has 2 aliphatic heterocycles. The van der Waals surface area contributed by atoms with Gasteiger partial charge in [0.05, 0.1) is 28.0 Å². The number of fused-ring (bicyclic) bond motifs is 1. The molecule has 1 aromatic carbocycles. The maximum atomic E-state index is 13.0. The molecule has 31 heavy (non-hydrogen) atoms. The highest BCUT2D eigenvalue weighted by atomic mass is 35.5. The van der Waals surface area contributed by atoms with Crippen LogP contribution in [0.15, 0.2) is 42.5 Å². The van der Waals surface area contributed by atoms with E-state index in [0.717, 1.165) is 41.9 Å². The molecule has 0 aromatic heterocycles. The third-order valence-corrected chi connectivity index (χ3v) is 5.86. The number of hydrazine groups is 1. The summed E-state index contributed by atoms with van der Waals surface area (Å²) in [5, 5.41) is 12.4. The van der Waals surface area contributed by atoms with E-state index >= 15 is 0 Å². The third-order valence-electron chi connectivity index (χ3n) is 5.56. The number of rotatable bonds is 6. The molecule has 2 aliphatic rings. The summed E-state index contributed by atoms with van der Waals surface area (Å²) in [6, 6.07) is 5.32. The summed E-state index contributed by atoms with van der Waals surface area (Å²) in [5.41, 5.74) is 7.09. The number of benzene rings is 1. The number of hydrogen-bond donors (Lipinski definition) is 4. The Morgan fingerprint density at radius 1 is 1.39 bits per heavy atom. The molecule has 0 radical (unpaired) electrons. The number of likely N-dealkylation sites (tertiary alicyclic amines) is 1. The molecule has 166 valence electrons. The van der Waals surface area contributed by atoms with Gasteiger partial charge in [0.1, 0.15) is 0 Å². The number of amides is 2. The predicted octanol–water partition coefficient (Wildman–Crippen LogP) is 1.66. The zero-order valence-electron chi connectivity index (χ0n) is 17.3. The quantitative estimate of drug-likeness (QED) is 0.173. The number of nitrogens with one attached hydrogen (secondary N) is 2. The lowest BCUT2D eigenvalue weighted by molar-refractivity contribution is -0.129. The molecular formula is C21H28ClN7O2. The lowest BCUT2D eigenvalue weighted by atomic mass is 10.1. The summed E-state index contributed by atoms with van der Waals surface area (Å²) in [7, 11) is 0. The molecule has 9 nitrogen and oxygen atoms in total. The van der Waals surface area contributed by atoms with Crippen molar-refractivity contribution in [1.29, 1.82) is 5.41 Å². The normalized spacial score (nSPS) is 21.1. The fourth-order valence-corrected chi connectivity index (χ4v) is 4.35. The van der Waals surface area contributed by atoms with Crippen molar-refractivity contribution >= 4 is 41.0 Å². The molecule has 1 unspecified atom stereocenters. The van der Waals surface area contributed by atoms with Gasteiger partial charge in [0.15, 0.2) is 6.29 Å². The summed E-state index contributed by atoms with van der Waals surface area (Å²) in [5.74, 6) is 5.60. The number of nitrogens with zero attached hydrogens (tertiary/aromatic N) is 3. The van der Waals surface area contributed by atoms with Gasteiger partial charge < -0.3 is 26.3 Å². The van der Waals surface area contributed by atoms with Crippen LogP contribution in [0.2, 0.25) is 5.02 Å². The van der Waals surface area contributed by atoms with Gasteiger partial charge in [-0.3, -0.25) is 9.59 Å². The minimum atomic E-state index is -0.743. The molecule has 0 bridgehead atoms. The predicted molar refractivity (Wildman–Crippen MR) is 123 cm³/mol. The first-order valence-corrected chi connectivity index (χ1v) is 10.5. The zero-order chi connectivity index (χ0) is 22.5. The molecule has 2 heterocycles. The van der Waals surface area contributed by atoms with Gasteiger partial charge in [0.2, 0.25) is 5.91 Å². The fraction of sp³-hybridized carbons (Fsp3) is 0.381. The van der Waals surface area contributed by atoms with E-state index in [1.54, 1.807) is 11.0 Å². The van der Waals surface area contributed by atoms with Gasteiger partial charge in [-0.2, -0.15) is 0 Å². The fourth-order valence-electron chi connectivity index (χ4n) is 4.08. The zero-order valence-corrected chi connectivity index (χ0v) is 18.0. The van der Waals surface area contributed by atoms with Crippen LogP contribution in [-0.4, -0.2) is 59.9 Å². The van der Waals surface area contributed by atoms with Crippen molar-refractivity contribution in [2.24, 2.45) is 11.6 Å². The van der Waals surface area contributed by atoms with E-state index in [-0.39, 0.29) is 24.1 Å². The number of carbonyl (C=O) groups is 2. The first-order valence-electron chi connectivity index (χ1n) is 10.2. The molecular weight excluding hydrogens is 418 g/mol. The van der Waals surface area contributed by atoms with Crippen molar-refractivity contribution in [3.63, 3.8) is 0 Å². The second-order valence-corrected chi connectivity index (χ2v) is 7.86. The lowest BCUT2D eigenvalue weighted by Gasteiger charge is -2.39. The lowest BCUT2D eigenvalue weighted by Crippen LogP contribution is -2.60. The van der Waals surface area contributed by atoms with E-state index in [2.05, 4.69) is 11.9 Å². The Morgan fingerprint density at radius 2 is 2.16 bits per heavy atom. The Balaban J connectivity index is 1.99. The summed E-state index contributed by atoms with van der Waals surface area (Å²) < 4.78 is 0. The van der Waals surface area contributed by atoms with Crippen molar-refractivity contribution in [3.05, 3.63) is 47.5 Å². The first kappa shape index (κ1) is 22.8. The summed E-state index contributed by atoms with van der Waals surface area (Å²) in [6.07, 6.45) is 5.53. The van der Waals surface area contributed by atoms with Crippen LogP contribution in [0.5, 0.6) is 0 Å². The third kappa shape index (κ3) is 4.58. The molecule has 1 fully saturated rings. The number of anilines is 2. The van der Waals surface area contributed by atoms with Crippen LogP contribution in [0.4, 0.5) is 11.4 Å². The van der Waals surface area contributed by atoms with Crippen LogP contribution in [-0.2, 0) is 9.59 Å². The Labute approximate surface area is 186 Å². The molecule has 6 N–H and O–H groups in total. The maximum absolute atomic E-state index is 13.0. The van der Waals surface area contributed by atoms with Crippen LogP contribution >= 0.6 is 11.6 Å².